The Bertz CT molecular complexity index is 263. The maximum absolute atomic E-state index is 11.8. The van der Waals surface area contributed by atoms with Gasteiger partial charge in [-0.05, 0) is 26.2 Å². The highest BCUT2D eigenvalue weighted by molar-refractivity contribution is 5.69. The highest BCUT2D eigenvalue weighted by atomic mass is 16.5. The fraction of sp³-hybridized carbons (Fsp3) is 0.955. The molecule has 0 saturated heterocycles. The van der Waals surface area contributed by atoms with Crippen LogP contribution in [0.25, 0.3) is 0 Å². The number of carbonyl (C=O) groups excluding carboxylic acids is 1. The number of rotatable bonds is 18. The van der Waals surface area contributed by atoms with Crippen molar-refractivity contribution in [3.8, 4) is 0 Å². The number of hydrogen-bond donors (Lipinski definition) is 0. The molecule has 0 saturated carbocycles. The Labute approximate surface area is 152 Å². The molecule has 0 aromatic carbocycles. The van der Waals surface area contributed by atoms with Crippen molar-refractivity contribution in [1.82, 2.24) is 0 Å². The molecule has 2 heteroatoms. The minimum atomic E-state index is 0.0106. The molecule has 1 unspecified atom stereocenters. The van der Waals surface area contributed by atoms with Gasteiger partial charge in [0.2, 0.25) is 0 Å². The second kappa shape index (κ2) is 18.8. The van der Waals surface area contributed by atoms with Gasteiger partial charge in [0.25, 0.3) is 0 Å². The van der Waals surface area contributed by atoms with Gasteiger partial charge in [0.15, 0.2) is 0 Å². The van der Waals surface area contributed by atoms with E-state index in [0.717, 1.165) is 12.8 Å². The van der Waals surface area contributed by atoms with E-state index < -0.39 is 0 Å². The van der Waals surface area contributed by atoms with E-state index in [0.29, 0.717) is 6.42 Å². The summed E-state index contributed by atoms with van der Waals surface area (Å²) in [5.41, 5.74) is 0. The lowest BCUT2D eigenvalue weighted by Crippen LogP contribution is -2.14. The van der Waals surface area contributed by atoms with Gasteiger partial charge in [-0.2, -0.15) is 0 Å². The fourth-order valence-electron chi connectivity index (χ4n) is 3.13. The zero-order valence-electron chi connectivity index (χ0n) is 16.9. The van der Waals surface area contributed by atoms with Crippen LogP contribution in [0.2, 0.25) is 0 Å². The van der Waals surface area contributed by atoms with Crippen LogP contribution in [0.4, 0.5) is 0 Å². The van der Waals surface area contributed by atoms with E-state index in [4.69, 9.17) is 4.74 Å². The predicted octanol–water partition coefficient (Wildman–Crippen LogP) is 7.59. The van der Waals surface area contributed by atoms with Crippen LogP contribution in [0.3, 0.4) is 0 Å². The monoisotopic (exact) mass is 340 g/mol. The molecule has 0 fully saturated rings. The van der Waals surface area contributed by atoms with Crippen LogP contribution in [0.1, 0.15) is 130 Å². The van der Waals surface area contributed by atoms with Crippen molar-refractivity contribution in [2.75, 3.05) is 0 Å². The van der Waals surface area contributed by atoms with E-state index in [1.807, 2.05) is 6.92 Å². The lowest BCUT2D eigenvalue weighted by Gasteiger charge is -2.13. The van der Waals surface area contributed by atoms with Crippen LogP contribution in [-0.2, 0) is 9.53 Å². The number of ether oxygens (including phenoxy) is 1. The van der Waals surface area contributed by atoms with Gasteiger partial charge >= 0.3 is 5.97 Å². The number of carbonyl (C=O) groups is 1. The Hall–Kier alpha value is -0.530. The summed E-state index contributed by atoms with van der Waals surface area (Å²) >= 11 is 0. The third-order valence-electron chi connectivity index (χ3n) is 4.78. The van der Waals surface area contributed by atoms with Gasteiger partial charge in [0, 0.05) is 6.42 Å². The Morgan fingerprint density at radius 2 is 1.08 bits per heavy atom. The van der Waals surface area contributed by atoms with Crippen molar-refractivity contribution in [3.05, 3.63) is 0 Å². The maximum atomic E-state index is 11.8. The molecule has 0 aliphatic rings. The molecule has 0 aliphatic carbocycles. The molecular weight excluding hydrogens is 296 g/mol. The largest absolute Gasteiger partial charge is 0.463 e. The van der Waals surface area contributed by atoms with Crippen molar-refractivity contribution < 1.29 is 9.53 Å². The zero-order valence-corrected chi connectivity index (χ0v) is 16.9. The minimum Gasteiger partial charge on any atom is -0.463 e. The molecule has 0 aliphatic heterocycles. The fourth-order valence-corrected chi connectivity index (χ4v) is 3.13. The summed E-state index contributed by atoms with van der Waals surface area (Å²) in [5.74, 6) is 0.0106. The Kier molecular flexibility index (Phi) is 18.4. The lowest BCUT2D eigenvalue weighted by molar-refractivity contribution is -0.148. The third kappa shape index (κ3) is 17.8. The van der Waals surface area contributed by atoms with Crippen molar-refractivity contribution in [2.45, 2.75) is 136 Å². The van der Waals surface area contributed by atoms with Crippen molar-refractivity contribution in [3.63, 3.8) is 0 Å². The Morgan fingerprint density at radius 3 is 1.58 bits per heavy atom. The third-order valence-corrected chi connectivity index (χ3v) is 4.78. The molecule has 2 nitrogen and oxygen atoms in total. The van der Waals surface area contributed by atoms with Gasteiger partial charge in [-0.25, -0.2) is 0 Å². The van der Waals surface area contributed by atoms with Crippen LogP contribution >= 0.6 is 0 Å². The van der Waals surface area contributed by atoms with E-state index in [1.165, 1.54) is 89.9 Å². The van der Waals surface area contributed by atoms with Gasteiger partial charge in [-0.15, -0.1) is 0 Å². The molecule has 0 spiro atoms. The quantitative estimate of drug-likeness (QED) is 0.190. The molecule has 1 atom stereocenters. The second-order valence-electron chi connectivity index (χ2n) is 7.44. The summed E-state index contributed by atoms with van der Waals surface area (Å²) in [7, 11) is 0. The SMILES string of the molecule is CCCCCCCCCCCC(=O)OC(C)CCCCCCCC. The summed E-state index contributed by atoms with van der Waals surface area (Å²) in [6.45, 7) is 6.54. The summed E-state index contributed by atoms with van der Waals surface area (Å²) in [5, 5.41) is 0. The number of esters is 1. The van der Waals surface area contributed by atoms with Crippen molar-refractivity contribution in [2.24, 2.45) is 0 Å². The van der Waals surface area contributed by atoms with Crippen molar-refractivity contribution >= 4 is 5.97 Å². The van der Waals surface area contributed by atoms with Gasteiger partial charge in [0.1, 0.15) is 0 Å². The number of hydrogen-bond acceptors (Lipinski definition) is 2. The standard InChI is InChI=1S/C22H44O2/c1-4-6-8-10-12-13-14-16-18-20-22(23)24-21(3)19-17-15-11-9-7-5-2/h21H,4-20H2,1-3H3. The number of unbranched alkanes of at least 4 members (excludes halogenated alkanes) is 13. The van der Waals surface area contributed by atoms with E-state index in [9.17, 15) is 4.79 Å². The van der Waals surface area contributed by atoms with E-state index >= 15 is 0 Å². The highest BCUT2D eigenvalue weighted by Gasteiger charge is 2.08. The molecule has 0 heterocycles. The molecule has 0 amide bonds. The first-order valence-electron chi connectivity index (χ1n) is 10.9. The van der Waals surface area contributed by atoms with Gasteiger partial charge < -0.3 is 4.74 Å². The average molecular weight is 341 g/mol. The van der Waals surface area contributed by atoms with Crippen LogP contribution < -0.4 is 0 Å². The molecule has 0 aromatic heterocycles. The molecule has 0 aromatic rings. The van der Waals surface area contributed by atoms with E-state index in [-0.39, 0.29) is 12.1 Å². The molecule has 24 heavy (non-hydrogen) atoms. The van der Waals surface area contributed by atoms with Crippen molar-refractivity contribution in [1.29, 1.82) is 0 Å². The van der Waals surface area contributed by atoms with E-state index in [2.05, 4.69) is 13.8 Å². The Morgan fingerprint density at radius 1 is 0.667 bits per heavy atom. The van der Waals surface area contributed by atoms with Gasteiger partial charge in [0.05, 0.1) is 6.10 Å². The first-order chi connectivity index (χ1) is 11.7. The lowest BCUT2D eigenvalue weighted by atomic mass is 10.1. The molecule has 144 valence electrons. The zero-order chi connectivity index (χ0) is 17.9. The van der Waals surface area contributed by atoms with Gasteiger partial charge in [-0.1, -0.05) is 97.3 Å². The summed E-state index contributed by atoms with van der Waals surface area (Å²) in [4.78, 5) is 11.8. The summed E-state index contributed by atoms with van der Waals surface area (Å²) in [6.07, 6.45) is 21.1. The normalized spacial score (nSPS) is 12.3. The maximum Gasteiger partial charge on any atom is 0.306 e. The molecular formula is C22H44O2. The van der Waals surface area contributed by atoms with E-state index in [1.54, 1.807) is 0 Å². The smallest absolute Gasteiger partial charge is 0.306 e. The predicted molar refractivity (Wildman–Crippen MR) is 105 cm³/mol. The highest BCUT2D eigenvalue weighted by Crippen LogP contribution is 2.13. The molecule has 0 N–H and O–H groups in total. The van der Waals surface area contributed by atoms with Gasteiger partial charge in [-0.3, -0.25) is 4.79 Å². The molecule has 0 radical (unpaired) electrons. The second-order valence-corrected chi connectivity index (χ2v) is 7.44. The van der Waals surface area contributed by atoms with Crippen LogP contribution in [-0.4, -0.2) is 12.1 Å². The minimum absolute atomic E-state index is 0.0106. The molecule has 0 rings (SSSR count). The first-order valence-corrected chi connectivity index (χ1v) is 10.9. The van der Waals surface area contributed by atoms with Crippen LogP contribution in [0, 0.1) is 0 Å². The summed E-state index contributed by atoms with van der Waals surface area (Å²) < 4.78 is 5.51. The Balaban J connectivity index is 3.32. The first kappa shape index (κ1) is 23.5. The molecule has 0 bridgehead atoms. The summed E-state index contributed by atoms with van der Waals surface area (Å²) in [6, 6.07) is 0. The average Bonchev–Trinajstić information content (AvgIpc) is 2.56. The topological polar surface area (TPSA) is 26.3 Å². The van der Waals surface area contributed by atoms with Crippen LogP contribution in [0.15, 0.2) is 0 Å². The van der Waals surface area contributed by atoms with Crippen LogP contribution in [0.5, 0.6) is 0 Å².